The Morgan fingerprint density at radius 3 is 2.14 bits per heavy atom. The molecule has 21 heavy (non-hydrogen) atoms. The third kappa shape index (κ3) is 6.69. The number of hydrogen-bond donors (Lipinski definition) is 1. The molecule has 0 bridgehead atoms. The lowest BCUT2D eigenvalue weighted by molar-refractivity contribution is 0.101. The van der Waals surface area contributed by atoms with E-state index in [0.29, 0.717) is 11.6 Å². The van der Waals surface area contributed by atoms with Gasteiger partial charge in [0, 0.05) is 11.6 Å². The van der Waals surface area contributed by atoms with Crippen LogP contribution >= 0.6 is 0 Å². The quantitative estimate of drug-likeness (QED) is 0.511. The molecule has 2 heteroatoms. The molecule has 0 aromatic rings. The summed E-state index contributed by atoms with van der Waals surface area (Å²) in [5.41, 5.74) is 0.315. The van der Waals surface area contributed by atoms with Crippen molar-refractivity contribution in [3.8, 4) is 0 Å². The molecule has 0 aromatic heterocycles. The minimum absolute atomic E-state index is 0.315. The van der Waals surface area contributed by atoms with Gasteiger partial charge in [0.05, 0.1) is 0 Å². The van der Waals surface area contributed by atoms with Gasteiger partial charge in [-0.05, 0) is 59.2 Å². The summed E-state index contributed by atoms with van der Waals surface area (Å²) in [6.45, 7) is 13.3. The molecule has 1 atom stereocenters. The Kier molecular flexibility index (Phi) is 9.59. The van der Waals surface area contributed by atoms with Gasteiger partial charge in [-0.2, -0.15) is 0 Å². The van der Waals surface area contributed by atoms with Crippen molar-refractivity contribution < 1.29 is 0 Å². The number of nitrogens with one attached hydrogen (secondary N) is 1. The predicted molar refractivity (Wildman–Crippen MR) is 95.0 cm³/mol. The molecule has 1 rings (SSSR count). The monoisotopic (exact) mass is 296 g/mol. The van der Waals surface area contributed by atoms with E-state index in [2.05, 4.69) is 37.9 Å². The van der Waals surface area contributed by atoms with Crippen LogP contribution in [-0.2, 0) is 0 Å². The standard InChI is InChI=1S/C19H40N2/c1-5-7-8-9-10-11-14-18(20-15-6-2)19(3,4)21-16-12-13-17-21/h18,20H,5-17H2,1-4H3. The van der Waals surface area contributed by atoms with Crippen LogP contribution in [0.4, 0.5) is 0 Å². The first-order chi connectivity index (χ1) is 10.1. The third-order valence-electron chi connectivity index (χ3n) is 5.26. The van der Waals surface area contributed by atoms with Crippen LogP contribution in [0.5, 0.6) is 0 Å². The van der Waals surface area contributed by atoms with Gasteiger partial charge >= 0.3 is 0 Å². The smallest absolute Gasteiger partial charge is 0.0306 e. The van der Waals surface area contributed by atoms with Crippen LogP contribution in [-0.4, -0.2) is 36.1 Å². The zero-order valence-electron chi connectivity index (χ0n) is 15.2. The van der Waals surface area contributed by atoms with Gasteiger partial charge in [0.25, 0.3) is 0 Å². The number of unbranched alkanes of at least 4 members (excludes halogenated alkanes) is 5. The normalized spacial score (nSPS) is 18.3. The average molecular weight is 297 g/mol. The number of nitrogens with zero attached hydrogens (tertiary/aromatic N) is 1. The summed E-state index contributed by atoms with van der Waals surface area (Å²) in [5.74, 6) is 0. The highest BCUT2D eigenvalue weighted by Gasteiger charge is 2.35. The molecule has 1 fully saturated rings. The van der Waals surface area contributed by atoms with Crippen LogP contribution in [0.15, 0.2) is 0 Å². The molecule has 126 valence electrons. The van der Waals surface area contributed by atoms with Crippen LogP contribution in [0, 0.1) is 0 Å². The Hall–Kier alpha value is -0.0800. The number of hydrogen-bond acceptors (Lipinski definition) is 2. The minimum Gasteiger partial charge on any atom is -0.312 e. The Morgan fingerprint density at radius 1 is 0.905 bits per heavy atom. The van der Waals surface area contributed by atoms with E-state index in [4.69, 9.17) is 0 Å². The highest BCUT2D eigenvalue weighted by molar-refractivity contribution is 4.95. The summed E-state index contributed by atoms with van der Waals surface area (Å²) >= 11 is 0. The second kappa shape index (κ2) is 10.6. The van der Waals surface area contributed by atoms with Crippen molar-refractivity contribution in [2.45, 2.75) is 103 Å². The van der Waals surface area contributed by atoms with E-state index in [-0.39, 0.29) is 0 Å². The SMILES string of the molecule is CCCCCCCCC(NCCC)C(C)(C)N1CCCC1. The Balaban J connectivity index is 2.38. The molecule has 1 aliphatic heterocycles. The van der Waals surface area contributed by atoms with Crippen molar-refractivity contribution in [3.63, 3.8) is 0 Å². The van der Waals surface area contributed by atoms with E-state index in [9.17, 15) is 0 Å². The van der Waals surface area contributed by atoms with E-state index < -0.39 is 0 Å². The molecule has 0 aromatic carbocycles. The number of likely N-dealkylation sites (tertiary alicyclic amines) is 1. The molecule has 1 unspecified atom stereocenters. The zero-order valence-corrected chi connectivity index (χ0v) is 15.2. The minimum atomic E-state index is 0.315. The Bertz CT molecular complexity index is 244. The summed E-state index contributed by atoms with van der Waals surface area (Å²) in [6, 6.07) is 0.654. The van der Waals surface area contributed by atoms with Crippen molar-refractivity contribution in [1.82, 2.24) is 10.2 Å². The lowest BCUT2D eigenvalue weighted by Gasteiger charge is -2.43. The second-order valence-electron chi connectivity index (χ2n) is 7.41. The molecule has 1 N–H and O–H groups in total. The topological polar surface area (TPSA) is 15.3 Å². The van der Waals surface area contributed by atoms with Crippen molar-refractivity contribution >= 4 is 0 Å². The predicted octanol–water partition coefficient (Wildman–Crippen LogP) is 4.98. The lowest BCUT2D eigenvalue weighted by Crippen LogP contribution is -2.57. The summed E-state index contributed by atoms with van der Waals surface area (Å²) in [5, 5.41) is 3.85. The van der Waals surface area contributed by atoms with E-state index in [0.717, 1.165) is 6.54 Å². The first-order valence-corrected chi connectivity index (χ1v) is 9.61. The van der Waals surface area contributed by atoms with E-state index in [1.54, 1.807) is 0 Å². The van der Waals surface area contributed by atoms with E-state index in [1.807, 2.05) is 0 Å². The fourth-order valence-corrected chi connectivity index (χ4v) is 3.67. The summed E-state index contributed by atoms with van der Waals surface area (Å²) < 4.78 is 0. The Labute approximate surface area is 134 Å². The summed E-state index contributed by atoms with van der Waals surface area (Å²) in [7, 11) is 0. The maximum atomic E-state index is 3.85. The first-order valence-electron chi connectivity index (χ1n) is 9.61. The largest absolute Gasteiger partial charge is 0.312 e. The third-order valence-corrected chi connectivity index (χ3v) is 5.26. The van der Waals surface area contributed by atoms with Gasteiger partial charge in [-0.1, -0.05) is 52.4 Å². The van der Waals surface area contributed by atoms with Crippen LogP contribution in [0.3, 0.4) is 0 Å². The van der Waals surface area contributed by atoms with Crippen molar-refractivity contribution in [1.29, 1.82) is 0 Å². The number of rotatable bonds is 12. The average Bonchev–Trinajstić information content (AvgIpc) is 3.00. The maximum absolute atomic E-state index is 3.85. The summed E-state index contributed by atoms with van der Waals surface area (Å²) in [4.78, 5) is 2.72. The van der Waals surface area contributed by atoms with Crippen molar-refractivity contribution in [2.24, 2.45) is 0 Å². The molecule has 0 amide bonds. The van der Waals surface area contributed by atoms with E-state index >= 15 is 0 Å². The van der Waals surface area contributed by atoms with Gasteiger partial charge < -0.3 is 5.32 Å². The second-order valence-corrected chi connectivity index (χ2v) is 7.41. The molecule has 0 radical (unpaired) electrons. The van der Waals surface area contributed by atoms with Crippen LogP contribution < -0.4 is 5.32 Å². The highest BCUT2D eigenvalue weighted by atomic mass is 15.2. The molecule has 0 saturated carbocycles. The molecule has 0 aliphatic carbocycles. The highest BCUT2D eigenvalue weighted by Crippen LogP contribution is 2.27. The van der Waals surface area contributed by atoms with Gasteiger partial charge in [0.1, 0.15) is 0 Å². The Morgan fingerprint density at radius 2 is 1.52 bits per heavy atom. The van der Waals surface area contributed by atoms with Crippen LogP contribution in [0.25, 0.3) is 0 Å². The first kappa shape index (κ1) is 19.0. The van der Waals surface area contributed by atoms with Crippen molar-refractivity contribution in [2.75, 3.05) is 19.6 Å². The molecule has 1 saturated heterocycles. The van der Waals surface area contributed by atoms with Gasteiger partial charge in [-0.15, -0.1) is 0 Å². The lowest BCUT2D eigenvalue weighted by atomic mass is 9.88. The van der Waals surface area contributed by atoms with Crippen LogP contribution in [0.2, 0.25) is 0 Å². The fourth-order valence-electron chi connectivity index (χ4n) is 3.67. The summed E-state index contributed by atoms with van der Waals surface area (Å²) in [6.07, 6.45) is 13.8. The molecular weight excluding hydrogens is 256 g/mol. The zero-order chi connectivity index (χ0) is 15.6. The molecule has 1 aliphatic rings. The molecule has 2 nitrogen and oxygen atoms in total. The van der Waals surface area contributed by atoms with Gasteiger partial charge in [-0.3, -0.25) is 4.90 Å². The maximum Gasteiger partial charge on any atom is 0.0306 e. The molecule has 1 heterocycles. The molecular formula is C19H40N2. The molecule has 0 spiro atoms. The van der Waals surface area contributed by atoms with E-state index in [1.165, 1.54) is 77.3 Å². The van der Waals surface area contributed by atoms with Gasteiger partial charge in [-0.25, -0.2) is 0 Å². The van der Waals surface area contributed by atoms with Gasteiger partial charge in [0.15, 0.2) is 0 Å². The van der Waals surface area contributed by atoms with Crippen LogP contribution in [0.1, 0.15) is 91.9 Å². The van der Waals surface area contributed by atoms with Crippen molar-refractivity contribution in [3.05, 3.63) is 0 Å². The van der Waals surface area contributed by atoms with Gasteiger partial charge in [0.2, 0.25) is 0 Å². The fraction of sp³-hybridized carbons (Fsp3) is 1.00.